The van der Waals surface area contributed by atoms with Crippen molar-refractivity contribution in [1.82, 2.24) is 0 Å². The van der Waals surface area contributed by atoms with Crippen LogP contribution in [0.25, 0.3) is 0 Å². The van der Waals surface area contributed by atoms with Gasteiger partial charge in [0, 0.05) is 40.9 Å². The fourth-order valence-corrected chi connectivity index (χ4v) is 2.62. The van der Waals surface area contributed by atoms with E-state index in [1.165, 1.54) is 28.1 Å². The second-order valence-electron chi connectivity index (χ2n) is 5.59. The van der Waals surface area contributed by atoms with Crippen molar-refractivity contribution in [3.63, 3.8) is 0 Å². The minimum absolute atomic E-state index is 0.121. The number of carbonyl (C=O) groups is 3. The van der Waals surface area contributed by atoms with Crippen molar-refractivity contribution >= 4 is 17.9 Å². The van der Waals surface area contributed by atoms with E-state index in [0.717, 1.165) is 0 Å². The summed E-state index contributed by atoms with van der Waals surface area (Å²) in [5, 5.41) is 0. The number of hydrogen-bond donors (Lipinski definition) is 0. The third-order valence-corrected chi connectivity index (χ3v) is 3.82. The normalized spacial score (nSPS) is 23.4. The van der Waals surface area contributed by atoms with E-state index >= 15 is 0 Å². The molecule has 1 aliphatic heterocycles. The van der Waals surface area contributed by atoms with Gasteiger partial charge in [0.2, 0.25) is 0 Å². The third kappa shape index (κ3) is 6.26. The number of methoxy groups -OCH3 is 2. The van der Waals surface area contributed by atoms with Crippen LogP contribution in [0.2, 0.25) is 0 Å². The average Bonchev–Trinajstić information content (AvgIpc) is 2.57. The van der Waals surface area contributed by atoms with E-state index in [-0.39, 0.29) is 26.1 Å². The monoisotopic (exact) mass is 362 g/mol. The highest BCUT2D eigenvalue weighted by atomic mass is 16.7. The molecular formula is C16H26O9. The highest BCUT2D eigenvalue weighted by molar-refractivity contribution is 5.75. The largest absolute Gasteiger partial charge is 0.464 e. The van der Waals surface area contributed by atoms with Crippen LogP contribution >= 0.6 is 0 Å². The van der Waals surface area contributed by atoms with Crippen molar-refractivity contribution in [3.05, 3.63) is 0 Å². The molecule has 1 fully saturated rings. The first kappa shape index (κ1) is 21.3. The lowest BCUT2D eigenvalue weighted by molar-refractivity contribution is -0.284. The first-order chi connectivity index (χ1) is 11.8. The van der Waals surface area contributed by atoms with Gasteiger partial charge in [0.1, 0.15) is 12.7 Å². The fourth-order valence-electron chi connectivity index (χ4n) is 2.62. The van der Waals surface area contributed by atoms with Crippen molar-refractivity contribution in [3.8, 4) is 0 Å². The van der Waals surface area contributed by atoms with E-state index in [1.807, 2.05) is 0 Å². The van der Waals surface area contributed by atoms with Gasteiger partial charge in [-0.2, -0.15) is 0 Å². The maximum absolute atomic E-state index is 12.1. The van der Waals surface area contributed by atoms with Crippen LogP contribution in [0.4, 0.5) is 0 Å². The molecule has 9 heteroatoms. The molecule has 0 N–H and O–H groups in total. The Morgan fingerprint density at radius 2 is 1.72 bits per heavy atom. The Morgan fingerprint density at radius 1 is 1.08 bits per heavy atom. The number of esters is 3. The summed E-state index contributed by atoms with van der Waals surface area (Å²) in [6, 6.07) is 0. The molecule has 1 saturated heterocycles. The van der Waals surface area contributed by atoms with Gasteiger partial charge in [-0.15, -0.1) is 0 Å². The van der Waals surface area contributed by atoms with Crippen LogP contribution in [-0.4, -0.2) is 69.4 Å². The minimum Gasteiger partial charge on any atom is -0.464 e. The van der Waals surface area contributed by atoms with E-state index in [0.29, 0.717) is 0 Å². The van der Waals surface area contributed by atoms with Crippen LogP contribution in [0, 0.1) is 0 Å². The van der Waals surface area contributed by atoms with Crippen LogP contribution in [0.5, 0.6) is 0 Å². The smallest absolute Gasteiger partial charge is 0.335 e. The van der Waals surface area contributed by atoms with Crippen LogP contribution in [0.3, 0.4) is 0 Å². The topological polar surface area (TPSA) is 107 Å². The van der Waals surface area contributed by atoms with Crippen LogP contribution in [-0.2, 0) is 42.8 Å². The quantitative estimate of drug-likeness (QED) is 0.348. The standard InChI is InChI=1S/C16H26O9/c1-6-22-15(19)13-8-16(20-4,21-5)7-12(25-13)14(24-11(3)18)9-23-10(2)17/h12-14H,6-9H2,1-5H3/t12-,13+,14-/m1/s1. The second kappa shape index (κ2) is 9.69. The molecular weight excluding hydrogens is 336 g/mol. The number of hydrogen-bond acceptors (Lipinski definition) is 9. The Balaban J connectivity index is 3.02. The molecule has 0 radical (unpaired) electrons. The molecule has 0 bridgehead atoms. The Labute approximate surface area is 146 Å². The molecule has 3 atom stereocenters. The van der Waals surface area contributed by atoms with Gasteiger partial charge in [0.05, 0.1) is 6.61 Å². The summed E-state index contributed by atoms with van der Waals surface area (Å²) in [6.45, 7) is 4.13. The molecule has 25 heavy (non-hydrogen) atoms. The summed E-state index contributed by atoms with van der Waals surface area (Å²) in [6.07, 6.45) is -2.37. The molecule has 0 aliphatic carbocycles. The Kier molecular flexibility index (Phi) is 8.27. The van der Waals surface area contributed by atoms with Gasteiger partial charge in [0.25, 0.3) is 0 Å². The Morgan fingerprint density at radius 3 is 2.20 bits per heavy atom. The molecule has 0 saturated carbocycles. The molecule has 1 aliphatic rings. The number of rotatable bonds is 8. The molecule has 1 rings (SSSR count). The summed E-state index contributed by atoms with van der Waals surface area (Å²) >= 11 is 0. The van der Waals surface area contributed by atoms with Gasteiger partial charge in [-0.1, -0.05) is 0 Å². The minimum atomic E-state index is -1.12. The number of carbonyl (C=O) groups excluding carboxylic acids is 3. The van der Waals surface area contributed by atoms with Crippen LogP contribution < -0.4 is 0 Å². The van der Waals surface area contributed by atoms with Crippen molar-refractivity contribution < 1.29 is 42.8 Å². The molecule has 0 unspecified atom stereocenters. The summed E-state index contributed by atoms with van der Waals surface area (Å²) < 4.78 is 31.8. The fraction of sp³-hybridized carbons (Fsp3) is 0.812. The van der Waals surface area contributed by atoms with E-state index in [1.54, 1.807) is 6.92 Å². The lowest BCUT2D eigenvalue weighted by Gasteiger charge is -2.43. The first-order valence-corrected chi connectivity index (χ1v) is 7.99. The van der Waals surface area contributed by atoms with Crippen molar-refractivity contribution in [2.75, 3.05) is 27.4 Å². The molecule has 0 aromatic rings. The van der Waals surface area contributed by atoms with Gasteiger partial charge >= 0.3 is 17.9 Å². The van der Waals surface area contributed by atoms with Gasteiger partial charge in [0.15, 0.2) is 18.0 Å². The zero-order valence-electron chi connectivity index (χ0n) is 15.2. The molecule has 144 valence electrons. The Hall–Kier alpha value is -1.71. The van der Waals surface area contributed by atoms with E-state index in [9.17, 15) is 14.4 Å². The molecule has 0 aromatic heterocycles. The van der Waals surface area contributed by atoms with E-state index in [2.05, 4.69) is 0 Å². The van der Waals surface area contributed by atoms with E-state index < -0.39 is 42.0 Å². The maximum atomic E-state index is 12.1. The van der Waals surface area contributed by atoms with Gasteiger partial charge in [-0.05, 0) is 6.92 Å². The first-order valence-electron chi connectivity index (χ1n) is 7.99. The molecule has 9 nitrogen and oxygen atoms in total. The third-order valence-electron chi connectivity index (χ3n) is 3.82. The highest BCUT2D eigenvalue weighted by Gasteiger charge is 2.48. The molecule has 1 heterocycles. The number of ether oxygens (including phenoxy) is 6. The SMILES string of the molecule is CCOC(=O)[C@@H]1CC(OC)(OC)C[C@H]([C@@H](COC(C)=O)OC(C)=O)O1. The molecule has 0 spiro atoms. The van der Waals surface area contributed by atoms with Crippen molar-refractivity contribution in [2.45, 2.75) is 57.7 Å². The van der Waals surface area contributed by atoms with Crippen molar-refractivity contribution in [1.29, 1.82) is 0 Å². The van der Waals surface area contributed by atoms with Crippen LogP contribution in [0.1, 0.15) is 33.6 Å². The summed E-state index contributed by atoms with van der Waals surface area (Å²) in [4.78, 5) is 34.6. The summed E-state index contributed by atoms with van der Waals surface area (Å²) in [5.74, 6) is -2.78. The lowest BCUT2D eigenvalue weighted by Crippen LogP contribution is -2.55. The maximum Gasteiger partial charge on any atom is 0.335 e. The molecule has 0 amide bonds. The van der Waals surface area contributed by atoms with Gasteiger partial charge in [-0.3, -0.25) is 9.59 Å². The van der Waals surface area contributed by atoms with Crippen LogP contribution in [0.15, 0.2) is 0 Å². The van der Waals surface area contributed by atoms with Gasteiger partial charge < -0.3 is 28.4 Å². The predicted molar refractivity (Wildman–Crippen MR) is 83.5 cm³/mol. The second-order valence-corrected chi connectivity index (χ2v) is 5.59. The lowest BCUT2D eigenvalue weighted by atomic mass is 9.94. The van der Waals surface area contributed by atoms with Gasteiger partial charge in [-0.25, -0.2) is 4.79 Å². The zero-order chi connectivity index (χ0) is 19.0. The highest BCUT2D eigenvalue weighted by Crippen LogP contribution is 2.35. The average molecular weight is 362 g/mol. The zero-order valence-corrected chi connectivity index (χ0v) is 15.2. The summed E-state index contributed by atoms with van der Waals surface area (Å²) in [7, 11) is 2.89. The molecule has 0 aromatic carbocycles. The van der Waals surface area contributed by atoms with E-state index in [4.69, 9.17) is 28.4 Å². The Bertz CT molecular complexity index is 472. The van der Waals surface area contributed by atoms with Crippen molar-refractivity contribution in [2.24, 2.45) is 0 Å². The predicted octanol–water partition coefficient (Wildman–Crippen LogP) is 0.581. The summed E-state index contributed by atoms with van der Waals surface area (Å²) in [5.41, 5.74) is 0.